The van der Waals surface area contributed by atoms with Crippen molar-refractivity contribution < 1.29 is 9.59 Å². The van der Waals surface area contributed by atoms with Crippen molar-refractivity contribution in [3.05, 3.63) is 24.3 Å². The maximum Gasteiger partial charge on any atom is 0.224 e. The van der Waals surface area contributed by atoms with Gasteiger partial charge >= 0.3 is 0 Å². The first-order chi connectivity index (χ1) is 10.0. The summed E-state index contributed by atoms with van der Waals surface area (Å²) in [5.41, 5.74) is 6.92. The van der Waals surface area contributed by atoms with Crippen molar-refractivity contribution in [2.24, 2.45) is 11.7 Å². The highest BCUT2D eigenvalue weighted by Crippen LogP contribution is 2.17. The fourth-order valence-electron chi connectivity index (χ4n) is 2.22. The number of carbonyl (C=O) groups is 2. The molecule has 0 heterocycles. The van der Waals surface area contributed by atoms with Crippen LogP contribution in [0.1, 0.15) is 39.5 Å². The van der Waals surface area contributed by atoms with Crippen LogP contribution in [0.3, 0.4) is 0 Å². The van der Waals surface area contributed by atoms with Gasteiger partial charge in [-0.05, 0) is 43.5 Å². The number of nitrogens with two attached hydrogens (primary N) is 1. The summed E-state index contributed by atoms with van der Waals surface area (Å²) in [5, 5.41) is 5.55. The molecule has 0 saturated heterocycles. The van der Waals surface area contributed by atoms with Gasteiger partial charge in [-0.1, -0.05) is 19.4 Å². The van der Waals surface area contributed by atoms with Crippen molar-refractivity contribution in [1.29, 1.82) is 0 Å². The third-order valence-electron chi connectivity index (χ3n) is 3.40. The Morgan fingerprint density at radius 3 is 2.43 bits per heavy atom. The standard InChI is InChI=1S/C16H25N3O2/c1-3-13(9-10-17)7-8-16(21)19-15-6-4-5-14(11-15)18-12(2)20/h4-6,11,13H,3,7-10,17H2,1-2H3,(H,18,20)(H,19,21). The number of carbonyl (C=O) groups excluding carboxylic acids is 2. The Bertz CT molecular complexity index is 474. The highest BCUT2D eigenvalue weighted by Gasteiger charge is 2.09. The Hall–Kier alpha value is -1.88. The lowest BCUT2D eigenvalue weighted by molar-refractivity contribution is -0.116. The van der Waals surface area contributed by atoms with Crippen LogP contribution in [-0.4, -0.2) is 18.4 Å². The van der Waals surface area contributed by atoms with Gasteiger partial charge in [-0.3, -0.25) is 9.59 Å². The van der Waals surface area contributed by atoms with Crippen molar-refractivity contribution in [2.75, 3.05) is 17.2 Å². The van der Waals surface area contributed by atoms with Crippen LogP contribution in [0.15, 0.2) is 24.3 Å². The Morgan fingerprint density at radius 2 is 1.86 bits per heavy atom. The predicted molar refractivity (Wildman–Crippen MR) is 86.1 cm³/mol. The van der Waals surface area contributed by atoms with E-state index in [1.54, 1.807) is 24.3 Å². The molecule has 0 bridgehead atoms. The van der Waals surface area contributed by atoms with Gasteiger partial charge in [0.25, 0.3) is 0 Å². The minimum atomic E-state index is -0.133. The summed E-state index contributed by atoms with van der Waals surface area (Å²) in [6.07, 6.45) is 3.35. The SMILES string of the molecule is CCC(CCN)CCC(=O)Nc1cccc(NC(C)=O)c1. The molecule has 0 fully saturated rings. The molecule has 0 aliphatic carbocycles. The van der Waals surface area contributed by atoms with E-state index in [2.05, 4.69) is 17.6 Å². The lowest BCUT2D eigenvalue weighted by Crippen LogP contribution is -2.15. The number of nitrogens with one attached hydrogen (secondary N) is 2. The third kappa shape index (κ3) is 6.90. The van der Waals surface area contributed by atoms with E-state index in [9.17, 15) is 9.59 Å². The van der Waals surface area contributed by atoms with E-state index >= 15 is 0 Å². The van der Waals surface area contributed by atoms with Crippen LogP contribution in [0.4, 0.5) is 11.4 Å². The molecule has 0 aliphatic rings. The molecule has 0 radical (unpaired) electrons. The average Bonchev–Trinajstić information content (AvgIpc) is 2.43. The maximum atomic E-state index is 11.9. The predicted octanol–water partition coefficient (Wildman–Crippen LogP) is 2.74. The summed E-state index contributed by atoms with van der Waals surface area (Å²) in [4.78, 5) is 23.0. The molecular formula is C16H25N3O2. The molecule has 1 unspecified atom stereocenters. The quantitative estimate of drug-likeness (QED) is 0.688. The zero-order chi connectivity index (χ0) is 15.7. The third-order valence-corrected chi connectivity index (χ3v) is 3.40. The molecule has 0 aliphatic heterocycles. The van der Waals surface area contributed by atoms with Crippen molar-refractivity contribution >= 4 is 23.2 Å². The van der Waals surface area contributed by atoms with E-state index in [1.165, 1.54) is 6.92 Å². The van der Waals surface area contributed by atoms with E-state index in [-0.39, 0.29) is 11.8 Å². The van der Waals surface area contributed by atoms with E-state index in [4.69, 9.17) is 5.73 Å². The summed E-state index contributed by atoms with van der Waals surface area (Å²) < 4.78 is 0. The minimum Gasteiger partial charge on any atom is -0.330 e. The van der Waals surface area contributed by atoms with E-state index in [1.807, 2.05) is 0 Å². The highest BCUT2D eigenvalue weighted by atomic mass is 16.2. The largest absolute Gasteiger partial charge is 0.330 e. The summed E-state index contributed by atoms with van der Waals surface area (Å²) >= 11 is 0. The van der Waals surface area contributed by atoms with Gasteiger partial charge in [-0.15, -0.1) is 0 Å². The monoisotopic (exact) mass is 291 g/mol. The van der Waals surface area contributed by atoms with Gasteiger partial charge in [0.1, 0.15) is 0 Å². The van der Waals surface area contributed by atoms with E-state index < -0.39 is 0 Å². The van der Waals surface area contributed by atoms with Gasteiger partial charge in [-0.2, -0.15) is 0 Å². The number of anilines is 2. The van der Waals surface area contributed by atoms with Gasteiger partial charge in [-0.25, -0.2) is 0 Å². The molecule has 21 heavy (non-hydrogen) atoms. The molecule has 0 aromatic heterocycles. The summed E-state index contributed by atoms with van der Waals surface area (Å²) in [6.45, 7) is 4.24. The zero-order valence-corrected chi connectivity index (χ0v) is 12.8. The molecule has 4 N–H and O–H groups in total. The Labute approximate surface area is 126 Å². The van der Waals surface area contributed by atoms with Crippen LogP contribution in [0.25, 0.3) is 0 Å². The van der Waals surface area contributed by atoms with E-state index in [0.29, 0.717) is 30.3 Å². The van der Waals surface area contributed by atoms with Gasteiger partial charge in [0.2, 0.25) is 11.8 Å². The van der Waals surface area contributed by atoms with Crippen molar-refractivity contribution in [1.82, 2.24) is 0 Å². The van der Waals surface area contributed by atoms with Crippen molar-refractivity contribution in [3.63, 3.8) is 0 Å². The van der Waals surface area contributed by atoms with Gasteiger partial charge in [0.05, 0.1) is 0 Å². The number of benzene rings is 1. The summed E-state index contributed by atoms with van der Waals surface area (Å²) in [7, 11) is 0. The van der Waals surface area contributed by atoms with Crippen molar-refractivity contribution in [3.8, 4) is 0 Å². The topological polar surface area (TPSA) is 84.2 Å². The first kappa shape index (κ1) is 17.2. The Kier molecular flexibility index (Phi) is 7.46. The summed E-state index contributed by atoms with van der Waals surface area (Å²) in [5.74, 6) is 0.364. The van der Waals surface area contributed by atoms with E-state index in [0.717, 1.165) is 19.3 Å². The van der Waals surface area contributed by atoms with Crippen LogP contribution in [0.2, 0.25) is 0 Å². The second-order valence-electron chi connectivity index (χ2n) is 5.20. The van der Waals surface area contributed by atoms with Gasteiger partial charge in [0, 0.05) is 24.7 Å². The fourth-order valence-corrected chi connectivity index (χ4v) is 2.22. The van der Waals surface area contributed by atoms with Crippen LogP contribution in [0.5, 0.6) is 0 Å². The average molecular weight is 291 g/mol. The first-order valence-electron chi connectivity index (χ1n) is 7.42. The fraction of sp³-hybridized carbons (Fsp3) is 0.500. The molecule has 1 rings (SSSR count). The number of amides is 2. The number of rotatable bonds is 8. The molecule has 1 atom stereocenters. The molecule has 0 saturated carbocycles. The summed E-state index contributed by atoms with van der Waals surface area (Å²) in [6, 6.07) is 7.13. The molecule has 1 aromatic carbocycles. The van der Waals surface area contributed by atoms with Crippen molar-refractivity contribution in [2.45, 2.75) is 39.5 Å². The molecule has 5 heteroatoms. The second kappa shape index (κ2) is 9.13. The minimum absolute atomic E-state index is 0.00885. The van der Waals surface area contributed by atoms with Crippen LogP contribution >= 0.6 is 0 Å². The molecular weight excluding hydrogens is 266 g/mol. The normalized spacial score (nSPS) is 11.8. The molecule has 2 amide bonds. The number of hydrogen-bond donors (Lipinski definition) is 3. The number of hydrogen-bond acceptors (Lipinski definition) is 3. The van der Waals surface area contributed by atoms with Gasteiger partial charge in [0.15, 0.2) is 0 Å². The zero-order valence-electron chi connectivity index (χ0n) is 12.8. The van der Waals surface area contributed by atoms with Crippen LogP contribution in [0, 0.1) is 5.92 Å². The van der Waals surface area contributed by atoms with Gasteiger partial charge < -0.3 is 16.4 Å². The lowest BCUT2D eigenvalue weighted by Gasteiger charge is -2.13. The molecule has 116 valence electrons. The maximum absolute atomic E-state index is 11.9. The van der Waals surface area contributed by atoms with Crippen LogP contribution < -0.4 is 16.4 Å². The lowest BCUT2D eigenvalue weighted by atomic mass is 9.96. The molecule has 0 spiro atoms. The smallest absolute Gasteiger partial charge is 0.224 e. The Balaban J connectivity index is 2.49. The Morgan fingerprint density at radius 1 is 1.19 bits per heavy atom. The second-order valence-corrected chi connectivity index (χ2v) is 5.20. The molecule has 5 nitrogen and oxygen atoms in total. The first-order valence-corrected chi connectivity index (χ1v) is 7.42. The highest BCUT2D eigenvalue weighted by molar-refractivity contribution is 5.93. The molecule has 1 aromatic rings. The van der Waals surface area contributed by atoms with Crippen LogP contribution in [-0.2, 0) is 9.59 Å².